The quantitative estimate of drug-likeness (QED) is 0.795. The first-order valence-corrected chi connectivity index (χ1v) is 8.28. The zero-order chi connectivity index (χ0) is 18.2. The van der Waals surface area contributed by atoms with Gasteiger partial charge in [0.2, 0.25) is 0 Å². The van der Waals surface area contributed by atoms with Gasteiger partial charge in [0.1, 0.15) is 5.75 Å². The molecule has 0 spiro atoms. The van der Waals surface area contributed by atoms with Gasteiger partial charge in [-0.15, -0.1) is 0 Å². The van der Waals surface area contributed by atoms with E-state index < -0.39 is 0 Å². The van der Waals surface area contributed by atoms with Crippen LogP contribution in [0.2, 0.25) is 0 Å². The summed E-state index contributed by atoms with van der Waals surface area (Å²) in [5.74, 6) is 1.83. The van der Waals surface area contributed by atoms with Crippen LogP contribution in [0.4, 0.5) is 0 Å². The standard InChI is InChI=1S/C20H25NO4/c1-5-17(15-9-10-18(23-3)19(12-15)24-4)21-20(22)13-25-16-8-6-7-14(2)11-16/h6-12,17H,5,13H2,1-4H3,(H,21,22)/t17-/m0/s1. The van der Waals surface area contributed by atoms with Crippen LogP contribution in [-0.4, -0.2) is 26.7 Å². The molecule has 5 nitrogen and oxygen atoms in total. The summed E-state index contributed by atoms with van der Waals surface area (Å²) in [6.07, 6.45) is 0.756. The number of nitrogens with one attached hydrogen (secondary N) is 1. The van der Waals surface area contributed by atoms with Crippen LogP contribution in [0.3, 0.4) is 0 Å². The smallest absolute Gasteiger partial charge is 0.258 e. The van der Waals surface area contributed by atoms with Crippen LogP contribution in [0.15, 0.2) is 42.5 Å². The van der Waals surface area contributed by atoms with Gasteiger partial charge in [-0.3, -0.25) is 4.79 Å². The van der Waals surface area contributed by atoms with E-state index in [9.17, 15) is 4.79 Å². The first kappa shape index (κ1) is 18.6. The van der Waals surface area contributed by atoms with Crippen LogP contribution >= 0.6 is 0 Å². The van der Waals surface area contributed by atoms with Crippen LogP contribution in [0, 0.1) is 6.92 Å². The number of carbonyl (C=O) groups excluding carboxylic acids is 1. The van der Waals surface area contributed by atoms with E-state index in [4.69, 9.17) is 14.2 Å². The van der Waals surface area contributed by atoms with Crippen molar-refractivity contribution in [2.45, 2.75) is 26.3 Å². The number of ether oxygens (including phenoxy) is 3. The third-order valence-corrected chi connectivity index (χ3v) is 3.91. The first-order valence-electron chi connectivity index (χ1n) is 8.28. The molecule has 134 valence electrons. The van der Waals surface area contributed by atoms with Crippen molar-refractivity contribution in [2.75, 3.05) is 20.8 Å². The van der Waals surface area contributed by atoms with E-state index in [1.807, 2.05) is 56.3 Å². The normalized spacial score (nSPS) is 11.5. The lowest BCUT2D eigenvalue weighted by Crippen LogP contribution is -2.32. The predicted molar refractivity (Wildman–Crippen MR) is 97.4 cm³/mol. The molecule has 0 aliphatic heterocycles. The Balaban J connectivity index is 2.00. The fourth-order valence-electron chi connectivity index (χ4n) is 2.58. The molecule has 0 aromatic heterocycles. The summed E-state index contributed by atoms with van der Waals surface area (Å²) in [6, 6.07) is 13.2. The minimum atomic E-state index is -0.164. The van der Waals surface area contributed by atoms with Gasteiger partial charge < -0.3 is 19.5 Å². The van der Waals surface area contributed by atoms with Crippen molar-refractivity contribution in [1.29, 1.82) is 0 Å². The van der Waals surface area contributed by atoms with Crippen molar-refractivity contribution in [1.82, 2.24) is 5.32 Å². The molecule has 0 aliphatic carbocycles. The van der Waals surface area contributed by atoms with Crippen molar-refractivity contribution in [2.24, 2.45) is 0 Å². The Morgan fingerprint density at radius 3 is 2.48 bits per heavy atom. The van der Waals surface area contributed by atoms with E-state index in [0.29, 0.717) is 17.2 Å². The third-order valence-electron chi connectivity index (χ3n) is 3.91. The molecule has 0 saturated carbocycles. The second kappa shape index (κ2) is 8.97. The number of rotatable bonds is 8. The Morgan fingerprint density at radius 1 is 1.08 bits per heavy atom. The van der Waals surface area contributed by atoms with E-state index in [2.05, 4.69) is 5.32 Å². The highest BCUT2D eigenvalue weighted by Gasteiger charge is 2.15. The number of benzene rings is 2. The van der Waals surface area contributed by atoms with E-state index in [-0.39, 0.29) is 18.6 Å². The summed E-state index contributed by atoms with van der Waals surface area (Å²) < 4.78 is 16.1. The lowest BCUT2D eigenvalue weighted by atomic mass is 10.0. The van der Waals surface area contributed by atoms with Crippen LogP contribution in [-0.2, 0) is 4.79 Å². The van der Waals surface area contributed by atoms with Crippen molar-refractivity contribution < 1.29 is 19.0 Å². The van der Waals surface area contributed by atoms with Gasteiger partial charge in [-0.2, -0.15) is 0 Å². The van der Waals surface area contributed by atoms with Crippen molar-refractivity contribution in [3.8, 4) is 17.2 Å². The summed E-state index contributed by atoms with van der Waals surface area (Å²) >= 11 is 0. The van der Waals surface area contributed by atoms with Crippen LogP contribution < -0.4 is 19.5 Å². The highest BCUT2D eigenvalue weighted by atomic mass is 16.5. The Morgan fingerprint density at radius 2 is 1.84 bits per heavy atom. The van der Waals surface area contributed by atoms with Gasteiger partial charge >= 0.3 is 0 Å². The zero-order valence-corrected chi connectivity index (χ0v) is 15.2. The molecule has 2 rings (SSSR count). The van der Waals surface area contributed by atoms with E-state index in [1.165, 1.54) is 0 Å². The molecular formula is C20H25NO4. The molecule has 5 heteroatoms. The maximum absolute atomic E-state index is 12.2. The average molecular weight is 343 g/mol. The van der Waals surface area contributed by atoms with E-state index in [0.717, 1.165) is 17.5 Å². The zero-order valence-electron chi connectivity index (χ0n) is 15.2. The van der Waals surface area contributed by atoms with Crippen molar-refractivity contribution >= 4 is 5.91 Å². The minimum Gasteiger partial charge on any atom is -0.493 e. The van der Waals surface area contributed by atoms with Crippen molar-refractivity contribution in [3.05, 3.63) is 53.6 Å². The van der Waals surface area contributed by atoms with Gasteiger partial charge in [0.05, 0.1) is 20.3 Å². The maximum atomic E-state index is 12.2. The number of amides is 1. The number of methoxy groups -OCH3 is 2. The van der Waals surface area contributed by atoms with E-state index >= 15 is 0 Å². The molecule has 1 atom stereocenters. The predicted octanol–water partition coefficient (Wildman–Crippen LogP) is 3.66. The van der Waals surface area contributed by atoms with Gasteiger partial charge in [-0.05, 0) is 48.7 Å². The second-order valence-corrected chi connectivity index (χ2v) is 5.75. The van der Waals surface area contributed by atoms with Gasteiger partial charge in [-0.1, -0.05) is 25.1 Å². The van der Waals surface area contributed by atoms with Crippen molar-refractivity contribution in [3.63, 3.8) is 0 Å². The first-order chi connectivity index (χ1) is 12.1. The van der Waals surface area contributed by atoms with Crippen LogP contribution in [0.5, 0.6) is 17.2 Å². The highest BCUT2D eigenvalue weighted by molar-refractivity contribution is 5.78. The van der Waals surface area contributed by atoms with Gasteiger partial charge in [-0.25, -0.2) is 0 Å². The molecule has 1 N–H and O–H groups in total. The Kier molecular flexibility index (Phi) is 6.69. The fraction of sp³-hybridized carbons (Fsp3) is 0.350. The molecule has 0 unspecified atom stereocenters. The average Bonchev–Trinajstić information content (AvgIpc) is 2.64. The van der Waals surface area contributed by atoms with E-state index in [1.54, 1.807) is 14.2 Å². The summed E-state index contributed by atoms with van der Waals surface area (Å²) in [7, 11) is 3.19. The molecule has 0 saturated heterocycles. The number of aryl methyl sites for hydroxylation is 1. The summed E-state index contributed by atoms with van der Waals surface area (Å²) in [5, 5.41) is 3.00. The summed E-state index contributed by atoms with van der Waals surface area (Å²) in [6.45, 7) is 3.98. The fourth-order valence-corrected chi connectivity index (χ4v) is 2.58. The topological polar surface area (TPSA) is 56.8 Å². The van der Waals surface area contributed by atoms with Crippen LogP contribution in [0.1, 0.15) is 30.5 Å². The Hall–Kier alpha value is -2.69. The SMILES string of the molecule is CC[C@H](NC(=O)COc1cccc(C)c1)c1ccc(OC)c(OC)c1. The minimum absolute atomic E-state index is 0.0206. The molecule has 2 aromatic rings. The van der Waals surface area contributed by atoms with Crippen LogP contribution in [0.25, 0.3) is 0 Å². The second-order valence-electron chi connectivity index (χ2n) is 5.75. The molecule has 1 amide bonds. The highest BCUT2D eigenvalue weighted by Crippen LogP contribution is 2.30. The number of carbonyl (C=O) groups is 1. The lowest BCUT2D eigenvalue weighted by Gasteiger charge is -2.19. The lowest BCUT2D eigenvalue weighted by molar-refractivity contribution is -0.123. The molecule has 25 heavy (non-hydrogen) atoms. The maximum Gasteiger partial charge on any atom is 0.258 e. The summed E-state index contributed by atoms with van der Waals surface area (Å²) in [5.41, 5.74) is 2.05. The third kappa shape index (κ3) is 5.14. The largest absolute Gasteiger partial charge is 0.493 e. The van der Waals surface area contributed by atoms with Gasteiger partial charge in [0, 0.05) is 0 Å². The van der Waals surface area contributed by atoms with Gasteiger partial charge in [0.25, 0.3) is 5.91 Å². The molecular weight excluding hydrogens is 318 g/mol. The molecule has 0 aliphatic rings. The Labute approximate surface area is 148 Å². The van der Waals surface area contributed by atoms with Gasteiger partial charge in [0.15, 0.2) is 18.1 Å². The number of hydrogen-bond acceptors (Lipinski definition) is 4. The number of hydrogen-bond donors (Lipinski definition) is 1. The summed E-state index contributed by atoms with van der Waals surface area (Å²) in [4.78, 5) is 12.2. The molecule has 0 heterocycles. The Bertz CT molecular complexity index is 715. The molecule has 0 bridgehead atoms. The molecule has 0 fully saturated rings. The molecule has 0 radical (unpaired) electrons. The molecule has 2 aromatic carbocycles. The monoisotopic (exact) mass is 343 g/mol.